The van der Waals surface area contributed by atoms with Gasteiger partial charge >= 0.3 is 5.97 Å². The number of carbonyl (C=O) groups is 1. The number of aliphatic carboxylic acids is 1. The Morgan fingerprint density at radius 2 is 1.54 bits per heavy atom. The van der Waals surface area contributed by atoms with Crippen LogP contribution in [0.5, 0.6) is 0 Å². The number of allylic oxidation sites excluding steroid dienone is 1. The molecule has 4 nitrogen and oxygen atoms in total. The van der Waals surface area contributed by atoms with Gasteiger partial charge in [-0.3, -0.25) is 0 Å². The lowest BCUT2D eigenvalue weighted by atomic mass is 10.3. The Labute approximate surface area is 78.5 Å². The number of unbranched alkanes of at least 4 members (excludes halogenated alkanes) is 1. The normalized spacial score (nSPS) is 8.31. The van der Waals surface area contributed by atoms with Gasteiger partial charge < -0.3 is 15.3 Å². The van der Waals surface area contributed by atoms with Crippen molar-refractivity contribution in [3.8, 4) is 0 Å². The second-order valence-electron chi connectivity index (χ2n) is 2.71. The van der Waals surface area contributed by atoms with Gasteiger partial charge in [0.05, 0.1) is 0 Å². The fraction of sp³-hybridized carbons (Fsp3) is 0.667. The number of carboxylic acids is 1. The van der Waals surface area contributed by atoms with Crippen LogP contribution in [0.15, 0.2) is 11.6 Å². The van der Waals surface area contributed by atoms with E-state index in [0.717, 1.165) is 18.4 Å². The minimum absolute atomic E-state index is 0.195. The van der Waals surface area contributed by atoms with Gasteiger partial charge in [-0.25, -0.2) is 4.79 Å². The molecule has 0 saturated carbocycles. The van der Waals surface area contributed by atoms with E-state index in [9.17, 15) is 4.79 Å². The molecule has 0 aromatic carbocycles. The number of hydrogen-bond donors (Lipinski definition) is 3. The largest absolute Gasteiger partial charge is 0.478 e. The van der Waals surface area contributed by atoms with Gasteiger partial charge in [0.25, 0.3) is 0 Å². The smallest absolute Gasteiger partial charge is 0.328 e. The predicted octanol–water partition coefficient (Wildman–Crippen LogP) is 0.788. The van der Waals surface area contributed by atoms with Gasteiger partial charge in [-0.1, -0.05) is 5.57 Å². The van der Waals surface area contributed by atoms with Crippen LogP contribution in [0, 0.1) is 0 Å². The molecule has 3 N–H and O–H groups in total. The minimum atomic E-state index is -0.875. The van der Waals surface area contributed by atoms with E-state index in [-0.39, 0.29) is 13.2 Å². The van der Waals surface area contributed by atoms with Gasteiger partial charge in [-0.15, -0.1) is 0 Å². The summed E-state index contributed by atoms with van der Waals surface area (Å²) in [5.41, 5.74) is 0.813. The molecule has 4 heteroatoms. The van der Waals surface area contributed by atoms with Gasteiger partial charge in [-0.05, 0) is 26.7 Å². The Morgan fingerprint density at radius 3 is 1.62 bits per heavy atom. The third-order valence-corrected chi connectivity index (χ3v) is 0.978. The minimum Gasteiger partial charge on any atom is -0.478 e. The van der Waals surface area contributed by atoms with Crippen LogP contribution in [0.25, 0.3) is 0 Å². The summed E-state index contributed by atoms with van der Waals surface area (Å²) in [5.74, 6) is -0.875. The van der Waals surface area contributed by atoms with Gasteiger partial charge in [-0.2, -0.15) is 0 Å². The van der Waals surface area contributed by atoms with Gasteiger partial charge in [0.2, 0.25) is 0 Å². The molecular weight excluding hydrogens is 172 g/mol. The molecule has 0 spiro atoms. The molecule has 0 rings (SSSR count). The molecule has 13 heavy (non-hydrogen) atoms. The highest BCUT2D eigenvalue weighted by Crippen LogP contribution is 1.85. The summed E-state index contributed by atoms with van der Waals surface area (Å²) in [5, 5.41) is 24.2. The molecule has 0 radical (unpaired) electrons. The van der Waals surface area contributed by atoms with E-state index in [1.165, 1.54) is 6.08 Å². The SMILES string of the molecule is CC(C)=CC(=O)O.OCCCCO. The van der Waals surface area contributed by atoms with Crippen molar-refractivity contribution in [3.63, 3.8) is 0 Å². The van der Waals surface area contributed by atoms with Crippen LogP contribution in [0.3, 0.4) is 0 Å². The van der Waals surface area contributed by atoms with Crippen LogP contribution in [-0.4, -0.2) is 34.5 Å². The maximum atomic E-state index is 9.73. The summed E-state index contributed by atoms with van der Waals surface area (Å²) in [7, 11) is 0. The third kappa shape index (κ3) is 24.7. The second-order valence-corrected chi connectivity index (χ2v) is 2.71. The summed E-state index contributed by atoms with van der Waals surface area (Å²) >= 11 is 0. The maximum Gasteiger partial charge on any atom is 0.328 e. The van der Waals surface area contributed by atoms with Crippen molar-refractivity contribution in [2.75, 3.05) is 13.2 Å². The topological polar surface area (TPSA) is 77.8 Å². The van der Waals surface area contributed by atoms with E-state index in [2.05, 4.69) is 0 Å². The fourth-order valence-electron chi connectivity index (χ4n) is 0.471. The lowest BCUT2D eigenvalue weighted by Gasteiger charge is -1.85. The molecule has 0 atom stereocenters. The monoisotopic (exact) mass is 190 g/mol. The summed E-state index contributed by atoms with van der Waals surface area (Å²) in [6.07, 6.45) is 2.60. The Hall–Kier alpha value is -0.870. The van der Waals surface area contributed by atoms with E-state index < -0.39 is 5.97 Å². The van der Waals surface area contributed by atoms with Crippen LogP contribution < -0.4 is 0 Å². The van der Waals surface area contributed by atoms with E-state index in [1.807, 2.05) is 0 Å². The van der Waals surface area contributed by atoms with E-state index >= 15 is 0 Å². The van der Waals surface area contributed by atoms with Crippen molar-refractivity contribution in [3.05, 3.63) is 11.6 Å². The van der Waals surface area contributed by atoms with Gasteiger partial charge in [0.1, 0.15) is 0 Å². The molecule has 0 aliphatic rings. The highest BCUT2D eigenvalue weighted by Gasteiger charge is 1.83. The van der Waals surface area contributed by atoms with Crippen LogP contribution in [0.1, 0.15) is 26.7 Å². The molecule has 0 heterocycles. The van der Waals surface area contributed by atoms with E-state index in [4.69, 9.17) is 15.3 Å². The maximum absolute atomic E-state index is 9.73. The number of aliphatic hydroxyl groups excluding tert-OH is 2. The van der Waals surface area contributed by atoms with Crippen molar-refractivity contribution in [1.82, 2.24) is 0 Å². The van der Waals surface area contributed by atoms with Crippen molar-refractivity contribution < 1.29 is 20.1 Å². The second kappa shape index (κ2) is 11.1. The Morgan fingerprint density at radius 1 is 1.15 bits per heavy atom. The molecule has 0 aromatic rings. The van der Waals surface area contributed by atoms with Crippen LogP contribution >= 0.6 is 0 Å². The first-order valence-electron chi connectivity index (χ1n) is 4.14. The van der Waals surface area contributed by atoms with Crippen LogP contribution in [-0.2, 0) is 4.79 Å². The van der Waals surface area contributed by atoms with Crippen LogP contribution in [0.4, 0.5) is 0 Å². The molecular formula is C9H18O4. The van der Waals surface area contributed by atoms with Crippen molar-refractivity contribution in [2.45, 2.75) is 26.7 Å². The fourth-order valence-corrected chi connectivity index (χ4v) is 0.471. The summed E-state index contributed by atoms with van der Waals surface area (Å²) in [6.45, 7) is 3.88. The molecule has 78 valence electrons. The van der Waals surface area contributed by atoms with Gasteiger partial charge in [0, 0.05) is 19.3 Å². The average molecular weight is 190 g/mol. The Balaban J connectivity index is 0. The average Bonchev–Trinajstić information content (AvgIpc) is 1.99. The lowest BCUT2D eigenvalue weighted by molar-refractivity contribution is -0.131. The Bertz CT molecular complexity index is 144. The molecule has 0 aliphatic carbocycles. The first-order valence-corrected chi connectivity index (χ1v) is 4.14. The molecule has 0 unspecified atom stereocenters. The van der Waals surface area contributed by atoms with Crippen molar-refractivity contribution >= 4 is 5.97 Å². The molecule has 0 fully saturated rings. The summed E-state index contributed by atoms with van der Waals surface area (Å²) in [6, 6.07) is 0. The number of carboxylic acid groups (broad SMARTS) is 1. The predicted molar refractivity (Wildman–Crippen MR) is 50.5 cm³/mol. The zero-order valence-electron chi connectivity index (χ0n) is 8.16. The molecule has 0 bridgehead atoms. The zero-order valence-corrected chi connectivity index (χ0v) is 8.16. The molecule has 0 amide bonds. The molecule has 0 aliphatic heterocycles. The van der Waals surface area contributed by atoms with Crippen LogP contribution in [0.2, 0.25) is 0 Å². The first-order chi connectivity index (χ1) is 6.04. The van der Waals surface area contributed by atoms with Crippen molar-refractivity contribution in [2.24, 2.45) is 0 Å². The number of hydrogen-bond acceptors (Lipinski definition) is 3. The quantitative estimate of drug-likeness (QED) is 0.452. The molecule has 0 saturated heterocycles. The lowest BCUT2D eigenvalue weighted by Crippen LogP contribution is -1.86. The summed E-state index contributed by atoms with van der Waals surface area (Å²) in [4.78, 5) is 9.73. The zero-order chi connectivity index (χ0) is 10.7. The number of aliphatic hydroxyl groups is 2. The number of rotatable bonds is 4. The Kier molecular flexibility index (Phi) is 12.5. The first kappa shape index (κ1) is 14.6. The highest BCUT2D eigenvalue weighted by molar-refractivity contribution is 5.80. The summed E-state index contributed by atoms with van der Waals surface area (Å²) < 4.78 is 0. The van der Waals surface area contributed by atoms with E-state index in [1.54, 1.807) is 13.8 Å². The highest BCUT2D eigenvalue weighted by atomic mass is 16.4. The third-order valence-electron chi connectivity index (χ3n) is 0.978. The van der Waals surface area contributed by atoms with Gasteiger partial charge in [0.15, 0.2) is 0 Å². The molecule has 0 aromatic heterocycles. The van der Waals surface area contributed by atoms with E-state index in [0.29, 0.717) is 0 Å². The van der Waals surface area contributed by atoms with Crippen molar-refractivity contribution in [1.29, 1.82) is 0 Å². The standard InChI is InChI=1S/C5H8O2.C4H10O2/c1-4(2)3-5(6)7;5-3-1-2-4-6/h3H,1-2H3,(H,6,7);5-6H,1-4H2.